The van der Waals surface area contributed by atoms with Gasteiger partial charge in [-0.25, -0.2) is 19.0 Å². The monoisotopic (exact) mass is 390 g/mol. The molecule has 1 aromatic carbocycles. The zero-order valence-electron chi connectivity index (χ0n) is 16.7. The van der Waals surface area contributed by atoms with Crippen molar-refractivity contribution in [3.05, 3.63) is 35.8 Å². The molecule has 2 amide bonds. The summed E-state index contributed by atoms with van der Waals surface area (Å²) in [6, 6.07) is 3.57. The molecular weight excluding hydrogens is 367 g/mol. The number of hydrogen-bond acceptors (Lipinski definition) is 6. The molecule has 2 aromatic rings. The number of anilines is 1. The van der Waals surface area contributed by atoms with Crippen molar-refractivity contribution < 1.29 is 28.2 Å². The van der Waals surface area contributed by atoms with Crippen molar-refractivity contribution in [2.75, 3.05) is 4.90 Å². The van der Waals surface area contributed by atoms with Gasteiger partial charge in [0.1, 0.15) is 22.8 Å². The minimum absolute atomic E-state index is 0.107. The van der Waals surface area contributed by atoms with E-state index in [9.17, 15) is 18.8 Å². The van der Waals surface area contributed by atoms with Crippen LogP contribution in [0.4, 0.5) is 19.8 Å². The van der Waals surface area contributed by atoms with E-state index in [4.69, 9.17) is 9.47 Å². The van der Waals surface area contributed by atoms with Crippen molar-refractivity contribution in [1.82, 2.24) is 4.98 Å². The lowest BCUT2D eigenvalue weighted by Crippen LogP contribution is -2.44. The second-order valence-corrected chi connectivity index (χ2v) is 8.17. The number of carbonyl (C=O) groups excluding carboxylic acids is 3. The smallest absolute Gasteiger partial charge is 0.425 e. The molecule has 0 unspecified atom stereocenters. The van der Waals surface area contributed by atoms with Crippen molar-refractivity contribution in [3.8, 4) is 0 Å². The molecule has 1 heterocycles. The van der Waals surface area contributed by atoms with Crippen LogP contribution in [-0.4, -0.2) is 34.7 Å². The van der Waals surface area contributed by atoms with E-state index in [0.717, 1.165) is 6.07 Å². The Labute approximate surface area is 162 Å². The molecule has 0 saturated carbocycles. The first-order valence-electron chi connectivity index (χ1n) is 8.61. The van der Waals surface area contributed by atoms with E-state index in [1.165, 1.54) is 18.3 Å². The third kappa shape index (κ3) is 5.25. The lowest BCUT2D eigenvalue weighted by atomic mass is 10.1. The van der Waals surface area contributed by atoms with Gasteiger partial charge in [0.2, 0.25) is 0 Å². The molecule has 0 bridgehead atoms. The van der Waals surface area contributed by atoms with Gasteiger partial charge in [-0.3, -0.25) is 4.79 Å². The standard InChI is InChI=1S/C20H23FN2O5/c1-19(2,3)27-17(25)23(18(26)28-20(4,5)6)16-9-12-7-14(21)8-13(11-24)15(12)10-22-16/h7-11H,1-6H3. The van der Waals surface area contributed by atoms with Gasteiger partial charge >= 0.3 is 12.2 Å². The third-order valence-corrected chi connectivity index (χ3v) is 3.33. The number of aldehydes is 1. The highest BCUT2D eigenvalue weighted by atomic mass is 19.1. The van der Waals surface area contributed by atoms with Gasteiger partial charge in [0.05, 0.1) is 0 Å². The van der Waals surface area contributed by atoms with Gasteiger partial charge in [-0.05, 0) is 65.1 Å². The number of imide groups is 1. The minimum atomic E-state index is -0.986. The normalized spacial score (nSPS) is 11.8. The van der Waals surface area contributed by atoms with E-state index in [2.05, 4.69) is 4.98 Å². The number of benzene rings is 1. The summed E-state index contributed by atoms with van der Waals surface area (Å²) in [7, 11) is 0. The maximum absolute atomic E-state index is 13.8. The Bertz CT molecular complexity index is 901. The first kappa shape index (κ1) is 21.3. The number of fused-ring (bicyclic) bond motifs is 1. The Balaban J connectivity index is 2.57. The molecule has 28 heavy (non-hydrogen) atoms. The van der Waals surface area contributed by atoms with Crippen LogP contribution in [0.25, 0.3) is 10.8 Å². The average Bonchev–Trinajstić information content (AvgIpc) is 2.50. The molecule has 150 valence electrons. The van der Waals surface area contributed by atoms with E-state index < -0.39 is 29.2 Å². The van der Waals surface area contributed by atoms with Gasteiger partial charge in [-0.15, -0.1) is 0 Å². The van der Waals surface area contributed by atoms with Crippen LogP contribution in [0.15, 0.2) is 24.4 Å². The molecule has 7 nitrogen and oxygen atoms in total. The molecule has 0 saturated heterocycles. The number of ether oxygens (including phenoxy) is 2. The molecule has 0 aliphatic carbocycles. The largest absolute Gasteiger partial charge is 0.443 e. The molecule has 0 aliphatic heterocycles. The number of nitrogens with zero attached hydrogens (tertiary/aromatic N) is 2. The molecule has 0 aliphatic rings. The van der Waals surface area contributed by atoms with Crippen molar-refractivity contribution in [3.63, 3.8) is 0 Å². The fourth-order valence-electron chi connectivity index (χ4n) is 2.33. The van der Waals surface area contributed by atoms with Crippen molar-refractivity contribution in [1.29, 1.82) is 0 Å². The first-order valence-corrected chi connectivity index (χ1v) is 8.61. The first-order chi connectivity index (χ1) is 12.8. The fourth-order valence-corrected chi connectivity index (χ4v) is 2.33. The maximum atomic E-state index is 13.8. The second-order valence-electron chi connectivity index (χ2n) is 8.17. The van der Waals surface area contributed by atoms with Crippen LogP contribution >= 0.6 is 0 Å². The Morgan fingerprint density at radius 1 is 1.00 bits per heavy atom. The zero-order chi connectivity index (χ0) is 21.3. The predicted molar refractivity (Wildman–Crippen MR) is 102 cm³/mol. The number of aromatic nitrogens is 1. The van der Waals surface area contributed by atoms with Gasteiger partial charge in [-0.1, -0.05) is 0 Å². The highest BCUT2D eigenvalue weighted by molar-refractivity contribution is 6.10. The second kappa shape index (κ2) is 7.53. The van der Waals surface area contributed by atoms with Crippen LogP contribution in [0.3, 0.4) is 0 Å². The quantitative estimate of drug-likeness (QED) is 0.681. The zero-order valence-corrected chi connectivity index (χ0v) is 16.7. The number of amides is 2. The number of rotatable bonds is 2. The minimum Gasteiger partial charge on any atom is -0.443 e. The summed E-state index contributed by atoms with van der Waals surface area (Å²) in [5.41, 5.74) is -1.63. The predicted octanol–water partition coefficient (Wildman–Crippen LogP) is 4.86. The van der Waals surface area contributed by atoms with Crippen LogP contribution in [0.1, 0.15) is 51.9 Å². The molecule has 0 radical (unpaired) electrons. The van der Waals surface area contributed by atoms with Crippen molar-refractivity contribution >= 4 is 35.1 Å². The van der Waals surface area contributed by atoms with Crippen molar-refractivity contribution in [2.45, 2.75) is 52.7 Å². The van der Waals surface area contributed by atoms with Crippen LogP contribution in [0, 0.1) is 5.82 Å². The Morgan fingerprint density at radius 3 is 2.00 bits per heavy atom. The van der Waals surface area contributed by atoms with Gasteiger partial charge in [0.15, 0.2) is 6.29 Å². The number of carbonyl (C=O) groups is 3. The van der Waals surface area contributed by atoms with Crippen LogP contribution in [-0.2, 0) is 9.47 Å². The van der Waals surface area contributed by atoms with Gasteiger partial charge in [-0.2, -0.15) is 4.90 Å². The lowest BCUT2D eigenvalue weighted by molar-refractivity contribution is 0.0429. The van der Waals surface area contributed by atoms with Gasteiger partial charge in [0.25, 0.3) is 0 Å². The molecule has 2 rings (SSSR count). The highest BCUT2D eigenvalue weighted by Crippen LogP contribution is 2.26. The lowest BCUT2D eigenvalue weighted by Gasteiger charge is -2.28. The summed E-state index contributed by atoms with van der Waals surface area (Å²) < 4.78 is 24.4. The Kier molecular flexibility index (Phi) is 5.72. The number of halogens is 1. The summed E-state index contributed by atoms with van der Waals surface area (Å²) in [5.74, 6) is -0.744. The number of pyridine rings is 1. The molecular formula is C20H23FN2O5. The van der Waals surface area contributed by atoms with E-state index in [1.54, 1.807) is 41.5 Å². The summed E-state index contributed by atoms with van der Waals surface area (Å²) in [6.07, 6.45) is -0.178. The molecule has 0 atom stereocenters. The van der Waals surface area contributed by atoms with Crippen LogP contribution < -0.4 is 4.90 Å². The summed E-state index contributed by atoms with van der Waals surface area (Å²) in [6.45, 7) is 9.90. The van der Waals surface area contributed by atoms with Gasteiger partial charge < -0.3 is 9.47 Å². The number of hydrogen-bond donors (Lipinski definition) is 0. The molecule has 1 aromatic heterocycles. The van der Waals surface area contributed by atoms with Crippen LogP contribution in [0.5, 0.6) is 0 Å². The van der Waals surface area contributed by atoms with Crippen LogP contribution in [0.2, 0.25) is 0 Å². The molecule has 8 heteroatoms. The Morgan fingerprint density at radius 2 is 1.54 bits per heavy atom. The fraction of sp³-hybridized carbons (Fsp3) is 0.400. The molecule has 0 N–H and O–H groups in total. The highest BCUT2D eigenvalue weighted by Gasteiger charge is 2.33. The van der Waals surface area contributed by atoms with Gasteiger partial charge in [0, 0.05) is 17.1 Å². The topological polar surface area (TPSA) is 85.8 Å². The Hall–Kier alpha value is -3.03. The molecule has 0 spiro atoms. The molecule has 0 fully saturated rings. The average molecular weight is 390 g/mol. The summed E-state index contributed by atoms with van der Waals surface area (Å²) in [5, 5.41) is 0.678. The van der Waals surface area contributed by atoms with E-state index >= 15 is 0 Å². The third-order valence-electron chi connectivity index (χ3n) is 3.33. The SMILES string of the molecule is CC(C)(C)OC(=O)N(C(=O)OC(C)(C)C)c1cc2cc(F)cc(C=O)c2cn1. The van der Waals surface area contributed by atoms with Crippen molar-refractivity contribution in [2.24, 2.45) is 0 Å². The van der Waals surface area contributed by atoms with E-state index in [-0.39, 0.29) is 11.4 Å². The van der Waals surface area contributed by atoms with E-state index in [0.29, 0.717) is 22.0 Å². The maximum Gasteiger partial charge on any atom is 0.425 e. The van der Waals surface area contributed by atoms with E-state index in [1.807, 2.05) is 0 Å². The summed E-state index contributed by atoms with van der Waals surface area (Å²) >= 11 is 0. The summed E-state index contributed by atoms with van der Waals surface area (Å²) in [4.78, 5) is 41.2.